The molecule has 0 fully saturated rings. The van der Waals surface area contributed by atoms with Crippen LogP contribution >= 0.6 is 0 Å². The van der Waals surface area contributed by atoms with Gasteiger partial charge in [0.2, 0.25) is 0 Å². The Kier molecular flexibility index (Phi) is 3.65. The number of aromatic hydroxyl groups is 1. The first-order valence-electron chi connectivity index (χ1n) is 5.83. The van der Waals surface area contributed by atoms with Crippen LogP contribution in [0.25, 0.3) is 0 Å². The van der Waals surface area contributed by atoms with E-state index in [1.54, 1.807) is 12.1 Å². The predicted octanol–water partition coefficient (Wildman–Crippen LogP) is 2.86. The molecular weight excluding hydrogens is 260 g/mol. The number of hydrogen-bond donors (Lipinski definition) is 2. The first-order valence-corrected chi connectivity index (χ1v) is 5.83. The van der Waals surface area contributed by atoms with E-state index >= 15 is 0 Å². The van der Waals surface area contributed by atoms with Crippen LogP contribution in [-0.2, 0) is 0 Å². The maximum Gasteiger partial charge on any atom is 0.269 e. The number of phenols is 1. The van der Waals surface area contributed by atoms with Gasteiger partial charge in [-0.15, -0.1) is 0 Å². The van der Waals surface area contributed by atoms with E-state index in [-0.39, 0.29) is 17.0 Å². The number of non-ortho nitro benzene ring substituents is 1. The maximum absolute atomic E-state index is 11.9. The lowest BCUT2D eigenvalue weighted by Gasteiger charge is -2.07. The van der Waals surface area contributed by atoms with Crippen molar-refractivity contribution in [3.8, 4) is 5.75 Å². The van der Waals surface area contributed by atoms with Crippen LogP contribution in [0.2, 0.25) is 0 Å². The molecule has 0 atom stereocenters. The summed E-state index contributed by atoms with van der Waals surface area (Å²) in [4.78, 5) is 21.9. The van der Waals surface area contributed by atoms with Crippen molar-refractivity contribution in [3.63, 3.8) is 0 Å². The molecule has 102 valence electrons. The monoisotopic (exact) mass is 272 g/mol. The van der Waals surface area contributed by atoms with E-state index in [9.17, 15) is 20.0 Å². The fourth-order valence-electron chi connectivity index (χ4n) is 1.68. The number of phenolic OH excluding ortho intramolecular Hbond substituents is 1. The third kappa shape index (κ3) is 2.92. The number of nitro groups is 1. The summed E-state index contributed by atoms with van der Waals surface area (Å²) < 4.78 is 0. The summed E-state index contributed by atoms with van der Waals surface area (Å²) in [6.45, 7) is 1.82. The molecule has 1 amide bonds. The van der Waals surface area contributed by atoms with Gasteiger partial charge in [0.25, 0.3) is 11.6 Å². The highest BCUT2D eigenvalue weighted by Gasteiger charge is 2.11. The molecule has 2 aromatic carbocycles. The van der Waals surface area contributed by atoms with Gasteiger partial charge < -0.3 is 10.4 Å². The average molecular weight is 272 g/mol. The molecule has 6 heteroatoms. The third-order valence-electron chi connectivity index (χ3n) is 2.74. The summed E-state index contributed by atoms with van der Waals surface area (Å²) in [5.41, 5.74) is 1.35. The van der Waals surface area contributed by atoms with Crippen molar-refractivity contribution in [1.82, 2.24) is 0 Å². The van der Waals surface area contributed by atoms with E-state index in [1.165, 1.54) is 30.3 Å². The van der Waals surface area contributed by atoms with Crippen LogP contribution in [0.15, 0.2) is 42.5 Å². The summed E-state index contributed by atoms with van der Waals surface area (Å²) in [7, 11) is 0. The molecular formula is C14H12N2O4. The van der Waals surface area contributed by atoms with Crippen molar-refractivity contribution < 1.29 is 14.8 Å². The van der Waals surface area contributed by atoms with Crippen LogP contribution < -0.4 is 5.32 Å². The molecule has 0 unspecified atom stereocenters. The predicted molar refractivity (Wildman–Crippen MR) is 73.9 cm³/mol. The SMILES string of the molecule is Cc1ccc(NC(=O)c2ccc([N+](=O)[O-])cc2)c(O)c1. The lowest BCUT2D eigenvalue weighted by molar-refractivity contribution is -0.384. The summed E-state index contributed by atoms with van der Waals surface area (Å²) in [6, 6.07) is 10.1. The molecule has 20 heavy (non-hydrogen) atoms. The van der Waals surface area contributed by atoms with Gasteiger partial charge in [0.05, 0.1) is 10.6 Å². The second-order valence-electron chi connectivity index (χ2n) is 4.28. The lowest BCUT2D eigenvalue weighted by atomic mass is 10.1. The Balaban J connectivity index is 2.17. The number of nitrogens with zero attached hydrogens (tertiary/aromatic N) is 1. The zero-order valence-electron chi connectivity index (χ0n) is 10.7. The molecule has 0 radical (unpaired) electrons. The van der Waals surface area contributed by atoms with Gasteiger partial charge >= 0.3 is 0 Å². The highest BCUT2D eigenvalue weighted by molar-refractivity contribution is 6.05. The van der Waals surface area contributed by atoms with Crippen molar-refractivity contribution >= 4 is 17.3 Å². The highest BCUT2D eigenvalue weighted by atomic mass is 16.6. The van der Waals surface area contributed by atoms with Crippen LogP contribution in [0.5, 0.6) is 5.75 Å². The van der Waals surface area contributed by atoms with Gasteiger partial charge in [-0.2, -0.15) is 0 Å². The Bertz CT molecular complexity index is 665. The van der Waals surface area contributed by atoms with E-state index in [0.717, 1.165) is 5.56 Å². The Morgan fingerprint density at radius 3 is 2.40 bits per heavy atom. The van der Waals surface area contributed by atoms with Crippen molar-refractivity contribution in [2.24, 2.45) is 0 Å². The molecule has 0 saturated heterocycles. The minimum absolute atomic E-state index is 0.0275. The average Bonchev–Trinajstić information content (AvgIpc) is 2.42. The zero-order chi connectivity index (χ0) is 14.7. The number of nitro benzene ring substituents is 1. The third-order valence-corrected chi connectivity index (χ3v) is 2.74. The first kappa shape index (κ1) is 13.5. The van der Waals surface area contributed by atoms with Crippen LogP contribution in [0.4, 0.5) is 11.4 Å². The van der Waals surface area contributed by atoms with Gasteiger partial charge in [0.1, 0.15) is 5.75 Å². The molecule has 2 N–H and O–H groups in total. The molecule has 0 aliphatic rings. The quantitative estimate of drug-likeness (QED) is 0.510. The number of nitrogens with one attached hydrogen (secondary N) is 1. The standard InChI is InChI=1S/C14H12N2O4/c1-9-2-7-12(13(17)8-9)15-14(18)10-3-5-11(6-4-10)16(19)20/h2-8,17H,1H3,(H,15,18). The maximum atomic E-state index is 11.9. The zero-order valence-corrected chi connectivity index (χ0v) is 10.7. The Morgan fingerprint density at radius 1 is 1.20 bits per heavy atom. The summed E-state index contributed by atoms with van der Waals surface area (Å²) in [6.07, 6.45) is 0. The van der Waals surface area contributed by atoms with Crippen molar-refractivity contribution in [2.45, 2.75) is 6.92 Å². The fourth-order valence-corrected chi connectivity index (χ4v) is 1.68. The second kappa shape index (κ2) is 5.40. The van der Waals surface area contributed by atoms with E-state index in [4.69, 9.17) is 0 Å². The van der Waals surface area contributed by atoms with E-state index in [0.29, 0.717) is 5.69 Å². The molecule has 6 nitrogen and oxygen atoms in total. The molecule has 0 heterocycles. The Morgan fingerprint density at radius 2 is 1.85 bits per heavy atom. The number of aryl methyl sites for hydroxylation is 1. The molecule has 0 aliphatic carbocycles. The molecule has 0 saturated carbocycles. The smallest absolute Gasteiger partial charge is 0.269 e. The van der Waals surface area contributed by atoms with E-state index < -0.39 is 10.8 Å². The molecule has 0 aliphatic heterocycles. The largest absolute Gasteiger partial charge is 0.506 e. The van der Waals surface area contributed by atoms with Gasteiger partial charge in [-0.3, -0.25) is 14.9 Å². The first-order chi connectivity index (χ1) is 9.47. The minimum atomic E-state index is -0.534. The normalized spacial score (nSPS) is 10.1. The van der Waals surface area contributed by atoms with Crippen LogP contribution in [-0.4, -0.2) is 15.9 Å². The number of hydrogen-bond acceptors (Lipinski definition) is 4. The molecule has 2 rings (SSSR count). The van der Waals surface area contributed by atoms with Crippen molar-refractivity contribution in [2.75, 3.05) is 5.32 Å². The number of anilines is 1. The highest BCUT2D eigenvalue weighted by Crippen LogP contribution is 2.24. The summed E-state index contributed by atoms with van der Waals surface area (Å²) in [5.74, 6) is -0.473. The van der Waals surface area contributed by atoms with Gasteiger partial charge in [-0.1, -0.05) is 6.07 Å². The number of rotatable bonds is 3. The second-order valence-corrected chi connectivity index (χ2v) is 4.28. The summed E-state index contributed by atoms with van der Waals surface area (Å²) in [5, 5.41) is 22.8. The van der Waals surface area contributed by atoms with Crippen LogP contribution in [0, 0.1) is 17.0 Å². The van der Waals surface area contributed by atoms with Crippen LogP contribution in [0.3, 0.4) is 0 Å². The van der Waals surface area contributed by atoms with E-state index in [1.807, 2.05) is 6.92 Å². The minimum Gasteiger partial charge on any atom is -0.506 e. The van der Waals surface area contributed by atoms with Crippen molar-refractivity contribution in [1.29, 1.82) is 0 Å². The number of carbonyl (C=O) groups is 1. The number of carbonyl (C=O) groups excluding carboxylic acids is 1. The van der Waals surface area contributed by atoms with Crippen LogP contribution in [0.1, 0.15) is 15.9 Å². The molecule has 0 bridgehead atoms. The number of amides is 1. The fraction of sp³-hybridized carbons (Fsp3) is 0.0714. The summed E-state index contributed by atoms with van der Waals surface area (Å²) >= 11 is 0. The van der Waals surface area contributed by atoms with Gasteiger partial charge in [-0.25, -0.2) is 0 Å². The number of benzene rings is 2. The Labute approximate surface area is 114 Å². The van der Waals surface area contributed by atoms with Crippen molar-refractivity contribution in [3.05, 3.63) is 63.7 Å². The molecule has 0 spiro atoms. The molecule has 2 aromatic rings. The van der Waals surface area contributed by atoms with Gasteiger partial charge in [-0.05, 0) is 36.8 Å². The molecule has 0 aromatic heterocycles. The lowest BCUT2D eigenvalue weighted by Crippen LogP contribution is -2.11. The van der Waals surface area contributed by atoms with Gasteiger partial charge in [0, 0.05) is 17.7 Å². The van der Waals surface area contributed by atoms with E-state index in [2.05, 4.69) is 5.32 Å². The van der Waals surface area contributed by atoms with Gasteiger partial charge in [0.15, 0.2) is 0 Å². The topological polar surface area (TPSA) is 92.5 Å². The Hall–Kier alpha value is -2.89.